The van der Waals surface area contributed by atoms with E-state index in [4.69, 9.17) is 5.26 Å². The van der Waals surface area contributed by atoms with Gasteiger partial charge in [0.2, 0.25) is 0 Å². The van der Waals surface area contributed by atoms with Crippen LogP contribution in [0.3, 0.4) is 0 Å². The van der Waals surface area contributed by atoms with Crippen molar-refractivity contribution >= 4 is 37.5 Å². The van der Waals surface area contributed by atoms with Gasteiger partial charge in [-0.3, -0.25) is 0 Å². The number of nitrogens with zero attached hydrogens (tertiary/aromatic N) is 1. The van der Waals surface area contributed by atoms with Crippen molar-refractivity contribution in [3.8, 4) is 6.07 Å². The Bertz CT molecular complexity index is 331. The first-order valence-electron chi connectivity index (χ1n) is 3.80. The molecule has 1 N–H and O–H groups in total. The predicted octanol–water partition coefficient (Wildman–Crippen LogP) is 3.54. The standard InChI is InChI=1S/C9H8Br2N2/c10-7-2-3-8(11)9(6-7)13-5-1-4-12/h2-3,6,13H,1,5H2. The summed E-state index contributed by atoms with van der Waals surface area (Å²) in [6.07, 6.45) is 0.513. The summed E-state index contributed by atoms with van der Waals surface area (Å²) in [7, 11) is 0. The van der Waals surface area contributed by atoms with Gasteiger partial charge in [-0.1, -0.05) is 15.9 Å². The maximum atomic E-state index is 8.36. The predicted molar refractivity (Wildman–Crippen MR) is 60.6 cm³/mol. The van der Waals surface area contributed by atoms with Gasteiger partial charge in [-0.25, -0.2) is 0 Å². The fraction of sp³-hybridized carbons (Fsp3) is 0.222. The lowest BCUT2D eigenvalue weighted by Crippen LogP contribution is -2.00. The molecule has 0 spiro atoms. The van der Waals surface area contributed by atoms with Crippen LogP contribution in [0.5, 0.6) is 0 Å². The quantitative estimate of drug-likeness (QED) is 0.867. The normalized spacial score (nSPS) is 9.31. The van der Waals surface area contributed by atoms with E-state index in [0.717, 1.165) is 14.6 Å². The fourth-order valence-electron chi connectivity index (χ4n) is 0.886. The lowest BCUT2D eigenvalue weighted by Gasteiger charge is -2.06. The average molecular weight is 304 g/mol. The first kappa shape index (κ1) is 10.6. The van der Waals surface area contributed by atoms with Crippen LogP contribution in [-0.4, -0.2) is 6.54 Å². The monoisotopic (exact) mass is 302 g/mol. The highest BCUT2D eigenvalue weighted by Crippen LogP contribution is 2.25. The molecule has 1 rings (SSSR count). The summed E-state index contributed by atoms with van der Waals surface area (Å²) >= 11 is 6.80. The van der Waals surface area contributed by atoms with Crippen LogP contribution in [0.1, 0.15) is 6.42 Å². The maximum absolute atomic E-state index is 8.36. The number of hydrogen-bond donors (Lipinski definition) is 1. The SMILES string of the molecule is N#CCCNc1cc(Br)ccc1Br. The average Bonchev–Trinajstić information content (AvgIpc) is 2.11. The third kappa shape index (κ3) is 3.37. The third-order valence-electron chi connectivity index (χ3n) is 1.48. The smallest absolute Gasteiger partial charge is 0.0640 e. The molecule has 0 atom stereocenters. The summed E-state index contributed by atoms with van der Waals surface area (Å²) in [5.74, 6) is 0. The molecule has 0 fully saturated rings. The molecule has 0 aliphatic heterocycles. The Kier molecular flexibility index (Phi) is 4.26. The molecule has 0 aliphatic carbocycles. The molecule has 0 aromatic heterocycles. The lowest BCUT2D eigenvalue weighted by molar-refractivity contribution is 1.07. The second kappa shape index (κ2) is 5.25. The molecule has 2 nitrogen and oxygen atoms in total. The van der Waals surface area contributed by atoms with Gasteiger partial charge in [0, 0.05) is 21.2 Å². The number of anilines is 1. The highest BCUT2D eigenvalue weighted by atomic mass is 79.9. The molecule has 1 aromatic rings. The molecular weight excluding hydrogens is 296 g/mol. The van der Waals surface area contributed by atoms with Crippen LogP contribution in [0.4, 0.5) is 5.69 Å². The van der Waals surface area contributed by atoms with Crippen molar-refractivity contribution in [2.75, 3.05) is 11.9 Å². The van der Waals surface area contributed by atoms with Crippen molar-refractivity contribution in [1.29, 1.82) is 5.26 Å². The number of rotatable bonds is 3. The van der Waals surface area contributed by atoms with Gasteiger partial charge < -0.3 is 5.32 Å². The van der Waals surface area contributed by atoms with Crippen LogP contribution >= 0.6 is 31.9 Å². The molecule has 0 unspecified atom stereocenters. The summed E-state index contributed by atoms with van der Waals surface area (Å²) in [4.78, 5) is 0. The zero-order chi connectivity index (χ0) is 9.68. The minimum Gasteiger partial charge on any atom is -0.383 e. The first-order chi connectivity index (χ1) is 6.24. The van der Waals surface area contributed by atoms with E-state index >= 15 is 0 Å². The van der Waals surface area contributed by atoms with Gasteiger partial charge in [-0.15, -0.1) is 0 Å². The van der Waals surface area contributed by atoms with E-state index in [9.17, 15) is 0 Å². The van der Waals surface area contributed by atoms with Gasteiger partial charge in [0.25, 0.3) is 0 Å². The van der Waals surface area contributed by atoms with Crippen molar-refractivity contribution in [3.63, 3.8) is 0 Å². The molecular formula is C9H8Br2N2. The van der Waals surface area contributed by atoms with E-state index in [0.29, 0.717) is 13.0 Å². The summed E-state index contributed by atoms with van der Waals surface area (Å²) in [6.45, 7) is 0.672. The minimum atomic E-state index is 0.513. The molecule has 0 radical (unpaired) electrons. The fourth-order valence-corrected chi connectivity index (χ4v) is 1.63. The van der Waals surface area contributed by atoms with Gasteiger partial charge in [0.1, 0.15) is 0 Å². The molecule has 0 saturated carbocycles. The van der Waals surface area contributed by atoms with Gasteiger partial charge in [-0.2, -0.15) is 5.26 Å². The van der Waals surface area contributed by atoms with E-state index < -0.39 is 0 Å². The maximum Gasteiger partial charge on any atom is 0.0640 e. The Morgan fingerprint density at radius 3 is 2.85 bits per heavy atom. The second-order valence-corrected chi connectivity index (χ2v) is 4.23. The highest BCUT2D eigenvalue weighted by Gasteiger charge is 1.98. The van der Waals surface area contributed by atoms with Crippen molar-refractivity contribution in [1.82, 2.24) is 0 Å². The lowest BCUT2D eigenvalue weighted by atomic mass is 10.3. The van der Waals surface area contributed by atoms with Crippen molar-refractivity contribution in [2.24, 2.45) is 0 Å². The molecule has 0 heterocycles. The number of hydrogen-bond acceptors (Lipinski definition) is 2. The summed E-state index contributed by atoms with van der Waals surface area (Å²) in [5, 5.41) is 11.5. The summed E-state index contributed by atoms with van der Waals surface area (Å²) in [6, 6.07) is 7.97. The molecule has 0 saturated heterocycles. The third-order valence-corrected chi connectivity index (χ3v) is 2.67. The first-order valence-corrected chi connectivity index (χ1v) is 5.38. The van der Waals surface area contributed by atoms with Gasteiger partial charge in [-0.05, 0) is 34.1 Å². The van der Waals surface area contributed by atoms with Crippen molar-refractivity contribution in [3.05, 3.63) is 27.1 Å². The van der Waals surface area contributed by atoms with Gasteiger partial charge in [0.05, 0.1) is 12.5 Å². The van der Waals surface area contributed by atoms with Crippen LogP contribution in [0.2, 0.25) is 0 Å². The van der Waals surface area contributed by atoms with Crippen molar-refractivity contribution < 1.29 is 0 Å². The Balaban J connectivity index is 2.65. The largest absolute Gasteiger partial charge is 0.383 e. The zero-order valence-electron chi connectivity index (χ0n) is 6.85. The second-order valence-electron chi connectivity index (χ2n) is 2.46. The van der Waals surface area contributed by atoms with Crippen LogP contribution in [0.25, 0.3) is 0 Å². The van der Waals surface area contributed by atoms with Gasteiger partial charge in [0.15, 0.2) is 0 Å². The van der Waals surface area contributed by atoms with Crippen LogP contribution in [0, 0.1) is 11.3 Å². The number of nitrogens with one attached hydrogen (secondary N) is 1. The molecule has 13 heavy (non-hydrogen) atoms. The molecule has 0 aliphatic rings. The molecule has 0 amide bonds. The van der Waals surface area contributed by atoms with E-state index in [1.54, 1.807) is 0 Å². The van der Waals surface area contributed by atoms with Crippen LogP contribution in [-0.2, 0) is 0 Å². The highest BCUT2D eigenvalue weighted by molar-refractivity contribution is 9.11. The van der Waals surface area contributed by atoms with Crippen LogP contribution in [0.15, 0.2) is 27.1 Å². The van der Waals surface area contributed by atoms with E-state index in [2.05, 4.69) is 43.2 Å². The molecule has 0 bridgehead atoms. The number of halogens is 2. The Hall–Kier alpha value is -0.530. The van der Waals surface area contributed by atoms with Crippen molar-refractivity contribution in [2.45, 2.75) is 6.42 Å². The Morgan fingerprint density at radius 1 is 1.38 bits per heavy atom. The van der Waals surface area contributed by atoms with E-state index in [-0.39, 0.29) is 0 Å². The zero-order valence-corrected chi connectivity index (χ0v) is 10.0. The minimum absolute atomic E-state index is 0.513. The van der Waals surface area contributed by atoms with Crippen LogP contribution < -0.4 is 5.32 Å². The van der Waals surface area contributed by atoms with E-state index in [1.807, 2.05) is 18.2 Å². The van der Waals surface area contributed by atoms with E-state index in [1.165, 1.54) is 0 Å². The topological polar surface area (TPSA) is 35.8 Å². The summed E-state index contributed by atoms with van der Waals surface area (Å²) in [5.41, 5.74) is 1.00. The Labute approximate surface area is 94.2 Å². The molecule has 4 heteroatoms. The number of benzene rings is 1. The van der Waals surface area contributed by atoms with Gasteiger partial charge >= 0.3 is 0 Å². The summed E-state index contributed by atoms with van der Waals surface area (Å²) < 4.78 is 2.03. The molecule has 1 aromatic carbocycles. The Morgan fingerprint density at radius 2 is 2.15 bits per heavy atom. The molecule has 68 valence electrons. The number of nitriles is 1.